The van der Waals surface area contributed by atoms with Gasteiger partial charge in [0.2, 0.25) is 5.78 Å². The zero-order chi connectivity index (χ0) is 18.1. The fourth-order valence-electron chi connectivity index (χ4n) is 3.20. The molecule has 1 saturated carbocycles. The minimum Gasteiger partial charge on any atom is -0.486 e. The van der Waals surface area contributed by atoms with E-state index in [1.807, 2.05) is 37.3 Å². The largest absolute Gasteiger partial charge is 0.486 e. The van der Waals surface area contributed by atoms with Gasteiger partial charge >= 0.3 is 0 Å². The van der Waals surface area contributed by atoms with Gasteiger partial charge in [-0.05, 0) is 43.4 Å². The van der Waals surface area contributed by atoms with Gasteiger partial charge in [-0.1, -0.05) is 35.9 Å². The van der Waals surface area contributed by atoms with Crippen LogP contribution in [0.1, 0.15) is 40.4 Å². The van der Waals surface area contributed by atoms with Gasteiger partial charge in [0.15, 0.2) is 11.5 Å². The van der Waals surface area contributed by atoms with Crippen molar-refractivity contribution in [3.63, 3.8) is 0 Å². The number of nitrogens with one attached hydrogen (secondary N) is 1. The quantitative estimate of drug-likeness (QED) is 0.664. The van der Waals surface area contributed by atoms with Gasteiger partial charge in [0.05, 0.1) is 6.04 Å². The number of aryl methyl sites for hydroxylation is 1. The molecule has 0 bridgehead atoms. The molecule has 5 heteroatoms. The van der Waals surface area contributed by atoms with Crippen molar-refractivity contribution in [1.29, 1.82) is 0 Å². The Bertz CT molecular complexity index is 840. The number of amides is 1. The molecule has 1 heterocycles. The second kappa shape index (κ2) is 6.83. The van der Waals surface area contributed by atoms with Crippen LogP contribution in [0.25, 0.3) is 0 Å². The predicted molar refractivity (Wildman–Crippen MR) is 96.5 cm³/mol. The standard InChI is InChI=1S/C21H21NO4/c1-13-2-4-15(5-3-13)20(23)21(24)22-19(14-6-7-14)16-8-9-17-18(12-16)26-11-10-25-17/h2-5,8-9,12,14,19H,6-7,10-11H2,1H3,(H,22,24). The first-order chi connectivity index (χ1) is 12.6. The Hall–Kier alpha value is -2.82. The van der Waals surface area contributed by atoms with Crippen LogP contribution < -0.4 is 14.8 Å². The minimum atomic E-state index is -0.569. The van der Waals surface area contributed by atoms with Crippen LogP contribution in [-0.4, -0.2) is 24.9 Å². The Morgan fingerprint density at radius 2 is 1.69 bits per heavy atom. The van der Waals surface area contributed by atoms with Gasteiger partial charge in [-0.25, -0.2) is 0 Å². The number of rotatable bonds is 5. The highest BCUT2D eigenvalue weighted by molar-refractivity contribution is 6.42. The number of hydrogen-bond donors (Lipinski definition) is 1. The highest BCUT2D eigenvalue weighted by atomic mass is 16.6. The van der Waals surface area contributed by atoms with E-state index in [9.17, 15) is 9.59 Å². The van der Waals surface area contributed by atoms with Crippen molar-refractivity contribution < 1.29 is 19.1 Å². The average molecular weight is 351 g/mol. The van der Waals surface area contributed by atoms with Crippen molar-refractivity contribution in [3.8, 4) is 11.5 Å². The molecule has 1 atom stereocenters. The lowest BCUT2D eigenvalue weighted by Gasteiger charge is -2.23. The monoisotopic (exact) mass is 351 g/mol. The third-order valence-corrected chi connectivity index (χ3v) is 4.83. The van der Waals surface area contributed by atoms with Crippen molar-refractivity contribution in [2.24, 2.45) is 5.92 Å². The number of ether oxygens (including phenoxy) is 2. The summed E-state index contributed by atoms with van der Waals surface area (Å²) in [5.74, 6) is 0.691. The first kappa shape index (κ1) is 16.6. The molecule has 0 aromatic heterocycles. The Morgan fingerprint density at radius 3 is 2.38 bits per heavy atom. The smallest absolute Gasteiger partial charge is 0.292 e. The summed E-state index contributed by atoms with van der Waals surface area (Å²) in [5.41, 5.74) is 2.40. The first-order valence-corrected chi connectivity index (χ1v) is 8.93. The summed E-state index contributed by atoms with van der Waals surface area (Å²) >= 11 is 0. The van der Waals surface area contributed by atoms with E-state index in [-0.39, 0.29) is 6.04 Å². The maximum atomic E-state index is 12.5. The third-order valence-electron chi connectivity index (χ3n) is 4.83. The Kier molecular flexibility index (Phi) is 4.37. The molecule has 1 amide bonds. The van der Waals surface area contributed by atoms with Crippen LogP contribution in [0.15, 0.2) is 42.5 Å². The normalized spacial score (nSPS) is 16.7. The van der Waals surface area contributed by atoms with Crippen molar-refractivity contribution in [2.75, 3.05) is 13.2 Å². The Morgan fingerprint density at radius 1 is 1.00 bits per heavy atom. The van der Waals surface area contributed by atoms with E-state index in [2.05, 4.69) is 5.32 Å². The number of Topliss-reactive ketones (excluding diaryl/α,β-unsaturated/α-hetero) is 1. The SMILES string of the molecule is Cc1ccc(C(=O)C(=O)NC(c2ccc3c(c2)OCCO3)C2CC2)cc1. The number of fused-ring (bicyclic) bond motifs is 1. The molecule has 0 spiro atoms. The molecule has 26 heavy (non-hydrogen) atoms. The van der Waals surface area contributed by atoms with E-state index >= 15 is 0 Å². The topological polar surface area (TPSA) is 64.6 Å². The van der Waals surface area contributed by atoms with E-state index in [0.717, 1.165) is 29.7 Å². The summed E-state index contributed by atoms with van der Waals surface area (Å²) in [4.78, 5) is 25.0. The zero-order valence-corrected chi connectivity index (χ0v) is 14.7. The number of hydrogen-bond acceptors (Lipinski definition) is 4. The van der Waals surface area contributed by atoms with E-state index in [0.29, 0.717) is 30.4 Å². The number of ketones is 1. The molecule has 1 unspecified atom stereocenters. The van der Waals surface area contributed by atoms with Crippen LogP contribution in [-0.2, 0) is 4.79 Å². The van der Waals surface area contributed by atoms with Crippen molar-refractivity contribution in [2.45, 2.75) is 25.8 Å². The lowest BCUT2D eigenvalue weighted by atomic mass is 10.0. The number of carbonyl (C=O) groups is 2. The van der Waals surface area contributed by atoms with E-state index in [4.69, 9.17) is 9.47 Å². The second-order valence-electron chi connectivity index (χ2n) is 6.89. The summed E-state index contributed by atoms with van der Waals surface area (Å²) in [6, 6.07) is 12.6. The fourth-order valence-corrected chi connectivity index (χ4v) is 3.20. The van der Waals surface area contributed by atoms with Crippen LogP contribution >= 0.6 is 0 Å². The van der Waals surface area contributed by atoms with Gasteiger partial charge in [0.25, 0.3) is 5.91 Å². The Balaban J connectivity index is 1.53. The fraction of sp³-hybridized carbons (Fsp3) is 0.333. The van der Waals surface area contributed by atoms with Crippen LogP contribution in [0.3, 0.4) is 0 Å². The number of carbonyl (C=O) groups excluding carboxylic acids is 2. The minimum absolute atomic E-state index is 0.187. The molecule has 1 aliphatic heterocycles. The van der Waals surface area contributed by atoms with Crippen LogP contribution in [0.4, 0.5) is 0 Å². The van der Waals surface area contributed by atoms with Gasteiger partial charge in [0.1, 0.15) is 13.2 Å². The van der Waals surface area contributed by atoms with Crippen LogP contribution in [0.2, 0.25) is 0 Å². The molecular weight excluding hydrogens is 330 g/mol. The molecule has 2 aromatic rings. The van der Waals surface area contributed by atoms with Crippen molar-refractivity contribution >= 4 is 11.7 Å². The number of benzene rings is 2. The summed E-state index contributed by atoms with van der Waals surface area (Å²) in [7, 11) is 0. The molecule has 0 radical (unpaired) electrons. The first-order valence-electron chi connectivity index (χ1n) is 8.93. The lowest BCUT2D eigenvalue weighted by molar-refractivity contribution is -0.117. The van der Waals surface area contributed by atoms with E-state index < -0.39 is 11.7 Å². The average Bonchev–Trinajstić information content (AvgIpc) is 3.50. The summed E-state index contributed by atoms with van der Waals surface area (Å²) in [6.07, 6.45) is 2.08. The van der Waals surface area contributed by atoms with Gasteiger partial charge in [0, 0.05) is 5.56 Å². The summed E-state index contributed by atoms with van der Waals surface area (Å²) < 4.78 is 11.2. The highest BCUT2D eigenvalue weighted by Crippen LogP contribution is 2.43. The molecule has 4 rings (SSSR count). The molecule has 2 aromatic carbocycles. The predicted octanol–water partition coefficient (Wildman–Crippen LogP) is 3.22. The molecule has 5 nitrogen and oxygen atoms in total. The molecule has 134 valence electrons. The summed E-state index contributed by atoms with van der Waals surface area (Å²) in [5, 5.41) is 2.93. The second-order valence-corrected chi connectivity index (χ2v) is 6.89. The lowest BCUT2D eigenvalue weighted by Crippen LogP contribution is -2.35. The van der Waals surface area contributed by atoms with Gasteiger partial charge in [-0.2, -0.15) is 0 Å². The maximum Gasteiger partial charge on any atom is 0.292 e. The van der Waals surface area contributed by atoms with Crippen LogP contribution in [0, 0.1) is 12.8 Å². The highest BCUT2D eigenvalue weighted by Gasteiger charge is 2.35. The van der Waals surface area contributed by atoms with Crippen LogP contribution in [0.5, 0.6) is 11.5 Å². The van der Waals surface area contributed by atoms with E-state index in [1.54, 1.807) is 12.1 Å². The third kappa shape index (κ3) is 3.43. The molecular formula is C21H21NO4. The Labute approximate surface area is 152 Å². The summed E-state index contributed by atoms with van der Waals surface area (Å²) in [6.45, 7) is 3.00. The van der Waals surface area contributed by atoms with Gasteiger partial charge < -0.3 is 14.8 Å². The van der Waals surface area contributed by atoms with Crippen molar-refractivity contribution in [3.05, 3.63) is 59.2 Å². The molecule has 2 aliphatic rings. The zero-order valence-electron chi connectivity index (χ0n) is 14.7. The van der Waals surface area contributed by atoms with Gasteiger partial charge in [-0.15, -0.1) is 0 Å². The molecule has 1 aliphatic carbocycles. The molecule has 1 N–H and O–H groups in total. The molecule has 1 fully saturated rings. The van der Waals surface area contributed by atoms with Crippen molar-refractivity contribution in [1.82, 2.24) is 5.32 Å². The maximum absolute atomic E-state index is 12.5. The van der Waals surface area contributed by atoms with E-state index in [1.165, 1.54) is 0 Å². The van der Waals surface area contributed by atoms with Gasteiger partial charge in [-0.3, -0.25) is 9.59 Å². The molecule has 0 saturated heterocycles.